The van der Waals surface area contributed by atoms with Gasteiger partial charge >= 0.3 is 6.01 Å². The first-order valence-electron chi connectivity index (χ1n) is 4.53. The molecule has 1 atom stereocenters. The molecule has 0 aliphatic heterocycles. The van der Waals surface area contributed by atoms with E-state index in [9.17, 15) is 0 Å². The Morgan fingerprint density at radius 1 is 1.57 bits per heavy atom. The summed E-state index contributed by atoms with van der Waals surface area (Å²) in [7, 11) is 0. The number of ether oxygens (including phenoxy) is 1. The molecule has 1 unspecified atom stereocenters. The zero-order chi connectivity index (χ0) is 10.4. The average molecular weight is 220 g/mol. The maximum absolute atomic E-state index is 5.75. The highest BCUT2D eigenvalue weighted by molar-refractivity contribution is 6.20. The molecule has 6 heteroatoms. The summed E-state index contributed by atoms with van der Waals surface area (Å²) in [5.74, 6) is 0.422. The highest BCUT2D eigenvalue weighted by atomic mass is 35.5. The van der Waals surface area contributed by atoms with Crippen molar-refractivity contribution in [2.45, 2.75) is 19.2 Å². The Balaban J connectivity index is 2.29. The number of nitrogens with zero attached hydrogens (tertiary/aromatic N) is 2. The fraction of sp³-hybridized carbons (Fsp3) is 0.750. The summed E-state index contributed by atoms with van der Waals surface area (Å²) < 4.78 is 10.3. The summed E-state index contributed by atoms with van der Waals surface area (Å²) in [6, 6.07) is 0.382. The quantitative estimate of drug-likeness (QED) is 0.584. The van der Waals surface area contributed by atoms with Gasteiger partial charge in [0.15, 0.2) is 0 Å². The standard InChI is InChI=1S/C8H14ClN3O2/c1-3-13-5-4-10-8-12-11-7(14-8)6(2)9/h6H,3-5H2,1-2H3,(H,10,12). The molecule has 0 aromatic carbocycles. The summed E-state index contributed by atoms with van der Waals surface area (Å²) in [5, 5.41) is 10.2. The van der Waals surface area contributed by atoms with E-state index in [-0.39, 0.29) is 5.38 Å². The van der Waals surface area contributed by atoms with E-state index in [1.165, 1.54) is 0 Å². The van der Waals surface area contributed by atoms with Crippen molar-refractivity contribution in [3.8, 4) is 0 Å². The molecular weight excluding hydrogens is 206 g/mol. The van der Waals surface area contributed by atoms with Gasteiger partial charge in [0.2, 0.25) is 5.89 Å². The lowest BCUT2D eigenvalue weighted by atomic mass is 10.5. The zero-order valence-electron chi connectivity index (χ0n) is 8.29. The molecule has 14 heavy (non-hydrogen) atoms. The Labute approximate surface area is 87.8 Å². The van der Waals surface area contributed by atoms with Gasteiger partial charge in [-0.3, -0.25) is 0 Å². The molecule has 80 valence electrons. The maximum Gasteiger partial charge on any atom is 0.315 e. The van der Waals surface area contributed by atoms with E-state index in [0.29, 0.717) is 31.7 Å². The number of hydrogen-bond acceptors (Lipinski definition) is 5. The SMILES string of the molecule is CCOCCNc1nnc(C(C)Cl)o1. The number of hydrogen-bond donors (Lipinski definition) is 1. The molecular formula is C8H14ClN3O2. The third kappa shape index (κ3) is 3.51. The minimum absolute atomic E-state index is 0.259. The highest BCUT2D eigenvalue weighted by Gasteiger charge is 2.09. The van der Waals surface area contributed by atoms with Gasteiger partial charge in [-0.15, -0.1) is 16.7 Å². The molecule has 0 aliphatic rings. The number of alkyl halides is 1. The lowest BCUT2D eigenvalue weighted by molar-refractivity contribution is 0.157. The van der Waals surface area contributed by atoms with Crippen LogP contribution in [0.1, 0.15) is 25.1 Å². The van der Waals surface area contributed by atoms with E-state index in [0.717, 1.165) is 0 Å². The topological polar surface area (TPSA) is 60.2 Å². The Hall–Kier alpha value is -0.810. The molecule has 1 heterocycles. The smallest absolute Gasteiger partial charge is 0.315 e. The molecule has 0 bridgehead atoms. The lowest BCUT2D eigenvalue weighted by Crippen LogP contribution is -2.09. The van der Waals surface area contributed by atoms with Crippen LogP contribution in [0.15, 0.2) is 4.42 Å². The van der Waals surface area contributed by atoms with Crippen molar-refractivity contribution in [1.29, 1.82) is 0 Å². The van der Waals surface area contributed by atoms with E-state index in [1.807, 2.05) is 6.92 Å². The summed E-state index contributed by atoms with van der Waals surface area (Å²) >= 11 is 5.75. The van der Waals surface area contributed by atoms with Gasteiger partial charge in [-0.1, -0.05) is 5.10 Å². The van der Waals surface area contributed by atoms with E-state index >= 15 is 0 Å². The number of halogens is 1. The van der Waals surface area contributed by atoms with Crippen molar-refractivity contribution in [3.63, 3.8) is 0 Å². The predicted molar refractivity (Wildman–Crippen MR) is 53.5 cm³/mol. The molecule has 0 fully saturated rings. The van der Waals surface area contributed by atoms with Gasteiger partial charge in [-0.05, 0) is 13.8 Å². The summed E-state index contributed by atoms with van der Waals surface area (Å²) in [4.78, 5) is 0. The van der Waals surface area contributed by atoms with Gasteiger partial charge in [-0.25, -0.2) is 0 Å². The largest absolute Gasteiger partial charge is 0.407 e. The first-order valence-corrected chi connectivity index (χ1v) is 4.96. The van der Waals surface area contributed by atoms with Crippen molar-refractivity contribution in [1.82, 2.24) is 10.2 Å². The molecule has 0 saturated carbocycles. The van der Waals surface area contributed by atoms with Crippen molar-refractivity contribution in [3.05, 3.63) is 5.89 Å². The molecule has 0 saturated heterocycles. The van der Waals surface area contributed by atoms with Crippen molar-refractivity contribution in [2.75, 3.05) is 25.1 Å². The van der Waals surface area contributed by atoms with Crippen LogP contribution in [0.5, 0.6) is 0 Å². The minimum atomic E-state index is -0.259. The molecule has 0 radical (unpaired) electrons. The van der Waals surface area contributed by atoms with E-state index in [2.05, 4.69) is 15.5 Å². The average Bonchev–Trinajstić information content (AvgIpc) is 2.61. The summed E-state index contributed by atoms with van der Waals surface area (Å²) in [6.45, 7) is 5.69. The minimum Gasteiger partial charge on any atom is -0.407 e. The van der Waals surface area contributed by atoms with Crippen molar-refractivity contribution < 1.29 is 9.15 Å². The third-order valence-electron chi connectivity index (χ3n) is 1.51. The first-order chi connectivity index (χ1) is 6.74. The van der Waals surface area contributed by atoms with E-state index < -0.39 is 0 Å². The first kappa shape index (κ1) is 11.3. The van der Waals surface area contributed by atoms with Crippen LogP contribution < -0.4 is 5.32 Å². The Morgan fingerprint density at radius 2 is 2.36 bits per heavy atom. The number of anilines is 1. The summed E-state index contributed by atoms with van der Waals surface area (Å²) in [5.41, 5.74) is 0. The van der Waals surface area contributed by atoms with Crippen LogP contribution in [0.2, 0.25) is 0 Å². The monoisotopic (exact) mass is 219 g/mol. The van der Waals surface area contributed by atoms with Crippen LogP contribution in [-0.4, -0.2) is 30.0 Å². The molecule has 1 aromatic heterocycles. The molecule has 1 rings (SSSR count). The van der Waals surface area contributed by atoms with Gasteiger partial charge in [0.25, 0.3) is 0 Å². The summed E-state index contributed by atoms with van der Waals surface area (Å²) in [6.07, 6.45) is 0. The molecule has 1 N–H and O–H groups in total. The van der Waals surface area contributed by atoms with Crippen LogP contribution in [0, 0.1) is 0 Å². The van der Waals surface area contributed by atoms with E-state index in [4.69, 9.17) is 20.8 Å². The van der Waals surface area contributed by atoms with Crippen molar-refractivity contribution in [2.24, 2.45) is 0 Å². The normalized spacial score (nSPS) is 12.8. The molecule has 0 spiro atoms. The number of aromatic nitrogens is 2. The fourth-order valence-electron chi connectivity index (χ4n) is 0.841. The third-order valence-corrected chi connectivity index (χ3v) is 1.69. The zero-order valence-corrected chi connectivity index (χ0v) is 9.04. The van der Waals surface area contributed by atoms with Gasteiger partial charge in [0.1, 0.15) is 5.38 Å². The molecule has 0 amide bonds. The molecule has 1 aromatic rings. The second-order valence-electron chi connectivity index (χ2n) is 2.69. The molecule has 0 aliphatic carbocycles. The second kappa shape index (κ2) is 5.82. The van der Waals surface area contributed by atoms with Crippen molar-refractivity contribution >= 4 is 17.6 Å². The van der Waals surface area contributed by atoms with Gasteiger partial charge < -0.3 is 14.5 Å². The number of nitrogens with one attached hydrogen (secondary N) is 1. The maximum atomic E-state index is 5.75. The Morgan fingerprint density at radius 3 is 2.93 bits per heavy atom. The lowest BCUT2D eigenvalue weighted by Gasteiger charge is -2.00. The van der Waals surface area contributed by atoms with Gasteiger partial charge in [0, 0.05) is 13.2 Å². The van der Waals surface area contributed by atoms with Crippen LogP contribution in [0.3, 0.4) is 0 Å². The number of rotatable bonds is 6. The Kier molecular flexibility index (Phi) is 4.69. The Bertz CT molecular complexity index is 265. The fourth-order valence-corrected chi connectivity index (χ4v) is 0.929. The van der Waals surface area contributed by atoms with Gasteiger partial charge in [-0.2, -0.15) is 0 Å². The van der Waals surface area contributed by atoms with E-state index in [1.54, 1.807) is 6.92 Å². The highest BCUT2D eigenvalue weighted by Crippen LogP contribution is 2.18. The van der Waals surface area contributed by atoms with Crippen LogP contribution in [0.25, 0.3) is 0 Å². The predicted octanol–water partition coefficient (Wildman–Crippen LogP) is 1.82. The van der Waals surface area contributed by atoms with Gasteiger partial charge in [0.05, 0.1) is 6.61 Å². The van der Waals surface area contributed by atoms with Crippen LogP contribution >= 0.6 is 11.6 Å². The van der Waals surface area contributed by atoms with Crippen LogP contribution in [-0.2, 0) is 4.74 Å². The van der Waals surface area contributed by atoms with Crippen LogP contribution in [0.4, 0.5) is 6.01 Å². The second-order valence-corrected chi connectivity index (χ2v) is 3.34. The molecule has 5 nitrogen and oxygen atoms in total.